The third-order valence-corrected chi connectivity index (χ3v) is 3.97. The number of hydrogen-bond acceptors (Lipinski definition) is 4. The van der Waals surface area contributed by atoms with Crippen molar-refractivity contribution in [2.24, 2.45) is 17.4 Å². The van der Waals surface area contributed by atoms with Crippen LogP contribution in [0, 0.1) is 5.92 Å². The molecule has 6 N–H and O–H groups in total. The van der Waals surface area contributed by atoms with Crippen LogP contribution < -0.4 is 22.1 Å². The lowest BCUT2D eigenvalue weighted by Crippen LogP contribution is -2.25. The summed E-state index contributed by atoms with van der Waals surface area (Å²) in [5, 5.41) is 6.01. The van der Waals surface area contributed by atoms with Crippen LogP contribution in [-0.4, -0.2) is 12.5 Å². The fraction of sp³-hybridized carbons (Fsp3) is 0.227. The van der Waals surface area contributed by atoms with Gasteiger partial charge in [-0.3, -0.25) is 4.79 Å². The minimum Gasteiger partial charge on any atom is -0.398 e. The van der Waals surface area contributed by atoms with Crippen molar-refractivity contribution in [3.8, 4) is 0 Å². The third kappa shape index (κ3) is 6.90. The van der Waals surface area contributed by atoms with Gasteiger partial charge >= 0.3 is 0 Å². The number of hydrogen-bond donors (Lipinski definition) is 4. The van der Waals surface area contributed by atoms with Gasteiger partial charge in [0.1, 0.15) is 5.82 Å². The highest BCUT2D eigenvalue weighted by Crippen LogP contribution is 2.13. The summed E-state index contributed by atoms with van der Waals surface area (Å²) in [7, 11) is 0. The molecule has 0 aliphatic heterocycles. The van der Waals surface area contributed by atoms with Crippen LogP contribution in [-0.2, 0) is 0 Å². The van der Waals surface area contributed by atoms with E-state index in [4.69, 9.17) is 11.5 Å². The third-order valence-electron chi connectivity index (χ3n) is 3.97. The number of nitrogens with two attached hydrogens (primary N) is 2. The topological polar surface area (TPSA) is 93.2 Å². The van der Waals surface area contributed by atoms with E-state index >= 15 is 0 Å². The molecule has 5 heteroatoms. The summed E-state index contributed by atoms with van der Waals surface area (Å²) in [4.78, 5) is 12.2. The van der Waals surface area contributed by atoms with Gasteiger partial charge in [0.05, 0.1) is 0 Å². The van der Waals surface area contributed by atoms with Gasteiger partial charge in [0.2, 0.25) is 0 Å². The molecule has 0 aromatic heterocycles. The summed E-state index contributed by atoms with van der Waals surface area (Å²) in [6.07, 6.45) is 4.41. The van der Waals surface area contributed by atoms with Crippen molar-refractivity contribution in [3.63, 3.8) is 0 Å². The molecule has 2 aromatic carbocycles. The molecule has 0 bridgehead atoms. The Bertz CT molecular complexity index is 810. The second kappa shape index (κ2) is 10.1. The first kappa shape index (κ1) is 20.1. The molecule has 0 aliphatic carbocycles. The fourth-order valence-corrected chi connectivity index (χ4v) is 2.43. The fourth-order valence-electron chi connectivity index (χ4n) is 2.43. The highest BCUT2D eigenvalue weighted by atomic mass is 16.1. The molecule has 0 spiro atoms. The van der Waals surface area contributed by atoms with Gasteiger partial charge in [-0.15, -0.1) is 0 Å². The molecule has 142 valence electrons. The molecule has 2 rings (SSSR count). The van der Waals surface area contributed by atoms with Gasteiger partial charge in [-0.25, -0.2) is 0 Å². The molecule has 5 nitrogen and oxygen atoms in total. The average Bonchev–Trinajstić information content (AvgIpc) is 2.66. The van der Waals surface area contributed by atoms with Crippen LogP contribution in [0.1, 0.15) is 36.2 Å². The number of rotatable bonds is 8. The van der Waals surface area contributed by atoms with Crippen LogP contribution in [0.25, 0.3) is 5.70 Å². The summed E-state index contributed by atoms with van der Waals surface area (Å²) in [5.74, 6) is 0.904. The van der Waals surface area contributed by atoms with Crippen molar-refractivity contribution in [1.82, 2.24) is 5.32 Å². The molecule has 2 aromatic rings. The minimum atomic E-state index is -0.0879. The molecule has 27 heavy (non-hydrogen) atoms. The molecule has 0 fully saturated rings. The number of amides is 1. The quantitative estimate of drug-likeness (QED) is 0.538. The van der Waals surface area contributed by atoms with Gasteiger partial charge in [-0.1, -0.05) is 50.2 Å². The number of allylic oxidation sites excluding steroid dienone is 2. The van der Waals surface area contributed by atoms with Crippen molar-refractivity contribution in [2.45, 2.75) is 20.3 Å². The number of nitrogens with one attached hydrogen (secondary N) is 2. The second-order valence-corrected chi connectivity index (χ2v) is 6.75. The van der Waals surface area contributed by atoms with Crippen LogP contribution in [0.4, 0.5) is 5.69 Å². The number of benzene rings is 2. The highest BCUT2D eigenvalue weighted by molar-refractivity contribution is 5.95. The lowest BCUT2D eigenvalue weighted by Gasteiger charge is -2.10. The number of anilines is 1. The van der Waals surface area contributed by atoms with Crippen LogP contribution in [0.2, 0.25) is 0 Å². The molecule has 0 saturated heterocycles. The summed E-state index contributed by atoms with van der Waals surface area (Å²) >= 11 is 0. The lowest BCUT2D eigenvalue weighted by molar-refractivity contribution is 0.0952. The van der Waals surface area contributed by atoms with E-state index < -0.39 is 0 Å². The van der Waals surface area contributed by atoms with E-state index in [0.29, 0.717) is 29.5 Å². The number of carbonyl (C=O) groups excluding carboxylic acids is 1. The van der Waals surface area contributed by atoms with Crippen LogP contribution in [0.15, 0.2) is 72.6 Å². The van der Waals surface area contributed by atoms with Gasteiger partial charge in [-0.05, 0) is 48.3 Å². The van der Waals surface area contributed by atoms with Crippen LogP contribution in [0.5, 0.6) is 0 Å². The van der Waals surface area contributed by atoms with Crippen LogP contribution in [0.3, 0.4) is 0 Å². The summed E-state index contributed by atoms with van der Waals surface area (Å²) < 4.78 is 0. The Morgan fingerprint density at radius 2 is 1.70 bits per heavy atom. The Hall–Kier alpha value is -3.21. The predicted molar refractivity (Wildman–Crippen MR) is 113 cm³/mol. The molecule has 1 amide bonds. The minimum absolute atomic E-state index is 0.0879. The van der Waals surface area contributed by atoms with Crippen molar-refractivity contribution >= 4 is 17.3 Å². The van der Waals surface area contributed by atoms with E-state index in [9.17, 15) is 4.79 Å². The largest absolute Gasteiger partial charge is 0.398 e. The molecular formula is C22H28N4O. The zero-order chi connectivity index (χ0) is 19.6. The zero-order valence-electron chi connectivity index (χ0n) is 15.9. The summed E-state index contributed by atoms with van der Waals surface area (Å²) in [5.41, 5.74) is 15.0. The van der Waals surface area contributed by atoms with Crippen molar-refractivity contribution < 1.29 is 4.79 Å². The van der Waals surface area contributed by atoms with E-state index in [1.165, 1.54) is 0 Å². The van der Waals surface area contributed by atoms with Gasteiger partial charge < -0.3 is 22.1 Å². The van der Waals surface area contributed by atoms with Crippen LogP contribution >= 0.6 is 0 Å². The van der Waals surface area contributed by atoms with Crippen molar-refractivity contribution in [2.75, 3.05) is 11.9 Å². The van der Waals surface area contributed by atoms with E-state index in [0.717, 1.165) is 17.7 Å². The Labute approximate surface area is 161 Å². The normalized spacial score (nSPS) is 12.1. The molecule has 0 unspecified atom stereocenters. The second-order valence-electron chi connectivity index (χ2n) is 6.75. The van der Waals surface area contributed by atoms with E-state index in [1.807, 2.05) is 42.5 Å². The van der Waals surface area contributed by atoms with Crippen molar-refractivity contribution in [1.29, 1.82) is 0 Å². The van der Waals surface area contributed by atoms with Crippen molar-refractivity contribution in [3.05, 3.63) is 83.7 Å². The first-order valence-electron chi connectivity index (χ1n) is 9.09. The maximum atomic E-state index is 12.2. The zero-order valence-corrected chi connectivity index (χ0v) is 15.9. The van der Waals surface area contributed by atoms with E-state index in [-0.39, 0.29) is 5.91 Å². The highest BCUT2D eigenvalue weighted by Gasteiger charge is 2.06. The lowest BCUT2D eigenvalue weighted by atomic mass is 10.1. The monoisotopic (exact) mass is 364 g/mol. The predicted octanol–water partition coefficient (Wildman–Crippen LogP) is 3.67. The molecular weight excluding hydrogens is 336 g/mol. The number of carbonyl (C=O) groups is 1. The smallest absolute Gasteiger partial charge is 0.251 e. The van der Waals surface area contributed by atoms with E-state index in [2.05, 4.69) is 24.5 Å². The maximum Gasteiger partial charge on any atom is 0.251 e. The first-order valence-corrected chi connectivity index (χ1v) is 9.09. The Morgan fingerprint density at radius 3 is 2.41 bits per heavy atom. The first-order chi connectivity index (χ1) is 13.0. The summed E-state index contributed by atoms with van der Waals surface area (Å²) in [6.45, 7) is 4.93. The average molecular weight is 364 g/mol. The standard InChI is InChI=1S/C22H28N4O/c1-16(2)13-14-25-22(27)18-9-6-10-19(15-18)26-21(24)12-11-20(23)17-7-4-3-5-8-17/h3-12,15-16,26H,13-14,23-24H2,1-2H3,(H,25,27)/b20-11-,21-12+. The van der Waals surface area contributed by atoms with Gasteiger partial charge in [0.15, 0.2) is 0 Å². The summed E-state index contributed by atoms with van der Waals surface area (Å²) in [6, 6.07) is 16.9. The Kier molecular flexibility index (Phi) is 7.49. The molecule has 0 heterocycles. The Balaban J connectivity index is 1.99. The molecule has 0 radical (unpaired) electrons. The van der Waals surface area contributed by atoms with E-state index in [1.54, 1.807) is 24.3 Å². The Morgan fingerprint density at radius 1 is 1.00 bits per heavy atom. The maximum absolute atomic E-state index is 12.2. The van der Waals surface area contributed by atoms with Gasteiger partial charge in [0.25, 0.3) is 5.91 Å². The molecule has 0 aliphatic rings. The molecule has 0 saturated carbocycles. The SMILES string of the molecule is CC(C)CCNC(=O)c1cccc(N/C(N)=C/C=C(\N)c2ccccc2)c1. The van der Waals surface area contributed by atoms with Gasteiger partial charge in [0, 0.05) is 23.5 Å². The van der Waals surface area contributed by atoms with Gasteiger partial charge in [-0.2, -0.15) is 0 Å². The molecule has 0 atom stereocenters.